The second-order valence-corrected chi connectivity index (χ2v) is 7.47. The highest BCUT2D eigenvalue weighted by Crippen LogP contribution is 2.20. The van der Waals surface area contributed by atoms with Crippen LogP contribution in [0.25, 0.3) is 0 Å². The maximum Gasteiger partial charge on any atom is 0.193 e. The third-order valence-electron chi connectivity index (χ3n) is 4.99. The Balaban J connectivity index is 1.57. The number of likely N-dealkylation sites (tertiary alicyclic amines) is 1. The molecule has 0 aromatic carbocycles. The first-order valence-electron chi connectivity index (χ1n) is 9.15. The third-order valence-corrected chi connectivity index (χ3v) is 5.69. The molecule has 0 radical (unpaired) electrons. The fraction of sp³-hybridized carbons (Fsp3) is 0.722. The number of guanidine groups is 1. The summed E-state index contributed by atoms with van der Waals surface area (Å²) in [4.78, 5) is 9.94. The molecule has 0 bridgehead atoms. The van der Waals surface area contributed by atoms with Crippen LogP contribution in [0.2, 0.25) is 0 Å². The first-order valence-corrected chi connectivity index (χ1v) is 10.1. The van der Waals surface area contributed by atoms with Crippen molar-refractivity contribution in [3.05, 3.63) is 22.4 Å². The van der Waals surface area contributed by atoms with E-state index in [2.05, 4.69) is 45.8 Å². The van der Waals surface area contributed by atoms with E-state index in [9.17, 15) is 0 Å². The minimum absolute atomic E-state index is 0.475. The monoisotopic (exact) mass is 350 g/mol. The van der Waals surface area contributed by atoms with Crippen molar-refractivity contribution in [2.24, 2.45) is 4.99 Å². The van der Waals surface area contributed by atoms with Gasteiger partial charge in [-0.15, -0.1) is 0 Å². The number of aliphatic imine (C=N–C) groups is 1. The smallest absolute Gasteiger partial charge is 0.193 e. The van der Waals surface area contributed by atoms with Gasteiger partial charge in [-0.25, -0.2) is 0 Å². The molecular weight excluding hydrogens is 320 g/mol. The van der Waals surface area contributed by atoms with E-state index in [0.29, 0.717) is 12.0 Å². The zero-order chi connectivity index (χ0) is 16.8. The average molecular weight is 351 g/mol. The quantitative estimate of drug-likeness (QED) is 0.653. The molecule has 2 aliphatic rings. The Morgan fingerprint density at radius 1 is 1.42 bits per heavy atom. The van der Waals surface area contributed by atoms with Gasteiger partial charge in [0.2, 0.25) is 0 Å². The highest BCUT2D eigenvalue weighted by Gasteiger charge is 2.30. The summed E-state index contributed by atoms with van der Waals surface area (Å²) in [7, 11) is 0. The van der Waals surface area contributed by atoms with Gasteiger partial charge in [-0.1, -0.05) is 6.92 Å². The largest absolute Gasteiger partial charge is 0.379 e. The molecule has 2 saturated heterocycles. The maximum atomic E-state index is 5.48. The molecule has 3 rings (SSSR count). The molecule has 6 heteroatoms. The van der Waals surface area contributed by atoms with Gasteiger partial charge in [-0.3, -0.25) is 9.89 Å². The standard InChI is InChI=1S/C18H30N4OS/c1-3-19-18(20-12-15(2)16-5-11-24-14-16)22-6-4-17(13-22)21-7-9-23-10-8-21/h5,11,14-15,17H,3-4,6-10,12-13H2,1-2H3,(H,19,20). The van der Waals surface area contributed by atoms with Crippen LogP contribution in [-0.4, -0.2) is 74.3 Å². The molecule has 5 nitrogen and oxygen atoms in total. The Bertz CT molecular complexity index is 513. The summed E-state index contributed by atoms with van der Waals surface area (Å²) in [5, 5.41) is 7.86. The number of nitrogens with one attached hydrogen (secondary N) is 1. The number of rotatable bonds is 5. The van der Waals surface area contributed by atoms with Crippen molar-refractivity contribution in [3.8, 4) is 0 Å². The second-order valence-electron chi connectivity index (χ2n) is 6.69. The van der Waals surface area contributed by atoms with E-state index >= 15 is 0 Å². The lowest BCUT2D eigenvalue weighted by atomic mass is 10.1. The number of ether oxygens (including phenoxy) is 1. The van der Waals surface area contributed by atoms with Gasteiger partial charge in [0, 0.05) is 51.2 Å². The molecule has 3 heterocycles. The minimum atomic E-state index is 0.475. The second kappa shape index (κ2) is 8.83. The molecule has 0 saturated carbocycles. The Kier molecular flexibility index (Phi) is 6.51. The lowest BCUT2D eigenvalue weighted by Crippen LogP contribution is -2.46. The van der Waals surface area contributed by atoms with E-state index in [-0.39, 0.29) is 0 Å². The van der Waals surface area contributed by atoms with Crippen molar-refractivity contribution in [2.45, 2.75) is 32.2 Å². The predicted molar refractivity (Wildman–Crippen MR) is 101 cm³/mol. The lowest BCUT2D eigenvalue weighted by Gasteiger charge is -2.32. The molecule has 0 spiro atoms. The molecular formula is C18H30N4OS. The molecule has 2 unspecified atom stereocenters. The minimum Gasteiger partial charge on any atom is -0.379 e. The van der Waals surface area contributed by atoms with Gasteiger partial charge >= 0.3 is 0 Å². The lowest BCUT2D eigenvalue weighted by molar-refractivity contribution is 0.0195. The molecule has 1 aromatic heterocycles. The fourth-order valence-electron chi connectivity index (χ4n) is 3.48. The van der Waals surface area contributed by atoms with Gasteiger partial charge in [0.25, 0.3) is 0 Å². The van der Waals surface area contributed by atoms with E-state index in [0.717, 1.165) is 58.4 Å². The number of nitrogens with zero attached hydrogens (tertiary/aromatic N) is 3. The van der Waals surface area contributed by atoms with Crippen LogP contribution in [0, 0.1) is 0 Å². The van der Waals surface area contributed by atoms with Crippen molar-refractivity contribution in [1.82, 2.24) is 15.1 Å². The van der Waals surface area contributed by atoms with Crippen LogP contribution in [0.1, 0.15) is 31.7 Å². The fourth-order valence-corrected chi connectivity index (χ4v) is 4.27. The molecule has 0 aliphatic carbocycles. The van der Waals surface area contributed by atoms with Crippen LogP contribution < -0.4 is 5.32 Å². The van der Waals surface area contributed by atoms with E-state index in [1.807, 2.05) is 0 Å². The SMILES string of the molecule is CCNC(=NCC(C)c1ccsc1)N1CCC(N2CCOCC2)C1. The summed E-state index contributed by atoms with van der Waals surface area (Å²) in [6, 6.07) is 2.86. The van der Waals surface area contributed by atoms with E-state index in [1.165, 1.54) is 12.0 Å². The third kappa shape index (κ3) is 4.49. The van der Waals surface area contributed by atoms with Crippen LogP contribution in [0.4, 0.5) is 0 Å². The maximum absolute atomic E-state index is 5.48. The van der Waals surface area contributed by atoms with E-state index in [1.54, 1.807) is 11.3 Å². The topological polar surface area (TPSA) is 40.1 Å². The molecule has 1 N–H and O–H groups in total. The first-order chi connectivity index (χ1) is 11.8. The zero-order valence-corrected chi connectivity index (χ0v) is 15.7. The Morgan fingerprint density at radius 2 is 2.25 bits per heavy atom. The van der Waals surface area contributed by atoms with Crippen LogP contribution in [0.3, 0.4) is 0 Å². The van der Waals surface area contributed by atoms with Crippen molar-refractivity contribution < 1.29 is 4.74 Å². The summed E-state index contributed by atoms with van der Waals surface area (Å²) >= 11 is 1.76. The molecule has 134 valence electrons. The van der Waals surface area contributed by atoms with Crippen molar-refractivity contribution >= 4 is 17.3 Å². The van der Waals surface area contributed by atoms with Crippen LogP contribution >= 0.6 is 11.3 Å². The summed E-state index contributed by atoms with van der Waals surface area (Å²) < 4.78 is 5.48. The van der Waals surface area contributed by atoms with Crippen molar-refractivity contribution in [2.75, 3.05) is 52.5 Å². The van der Waals surface area contributed by atoms with Crippen LogP contribution in [0.5, 0.6) is 0 Å². The van der Waals surface area contributed by atoms with Crippen LogP contribution in [-0.2, 0) is 4.74 Å². The molecule has 2 fully saturated rings. The van der Waals surface area contributed by atoms with Gasteiger partial charge in [0.15, 0.2) is 5.96 Å². The number of hydrogen-bond acceptors (Lipinski definition) is 4. The van der Waals surface area contributed by atoms with Gasteiger partial charge in [0.05, 0.1) is 13.2 Å². The Morgan fingerprint density at radius 3 is 2.96 bits per heavy atom. The van der Waals surface area contributed by atoms with E-state index in [4.69, 9.17) is 9.73 Å². The Labute approximate surface area is 149 Å². The van der Waals surface area contributed by atoms with E-state index < -0.39 is 0 Å². The van der Waals surface area contributed by atoms with Gasteiger partial charge in [0.1, 0.15) is 0 Å². The molecule has 2 atom stereocenters. The highest BCUT2D eigenvalue weighted by atomic mass is 32.1. The Hall–Kier alpha value is -1.11. The summed E-state index contributed by atoms with van der Waals surface area (Å²) in [6.07, 6.45) is 1.23. The summed E-state index contributed by atoms with van der Waals surface area (Å²) in [6.45, 7) is 12.2. The van der Waals surface area contributed by atoms with Gasteiger partial charge in [-0.2, -0.15) is 11.3 Å². The van der Waals surface area contributed by atoms with Crippen molar-refractivity contribution in [1.29, 1.82) is 0 Å². The predicted octanol–water partition coefficient (Wildman–Crippen LogP) is 2.22. The molecule has 24 heavy (non-hydrogen) atoms. The average Bonchev–Trinajstić information content (AvgIpc) is 3.30. The summed E-state index contributed by atoms with van der Waals surface area (Å²) in [5.74, 6) is 1.55. The molecule has 2 aliphatic heterocycles. The number of thiophene rings is 1. The highest BCUT2D eigenvalue weighted by molar-refractivity contribution is 7.07. The number of hydrogen-bond donors (Lipinski definition) is 1. The number of morpholine rings is 1. The molecule has 1 aromatic rings. The summed E-state index contributed by atoms with van der Waals surface area (Å²) in [5.41, 5.74) is 1.40. The first kappa shape index (κ1) is 17.7. The van der Waals surface area contributed by atoms with Gasteiger partial charge < -0.3 is 15.0 Å². The van der Waals surface area contributed by atoms with Crippen LogP contribution in [0.15, 0.2) is 21.8 Å². The molecule has 0 amide bonds. The zero-order valence-electron chi connectivity index (χ0n) is 14.9. The van der Waals surface area contributed by atoms with Crippen molar-refractivity contribution in [3.63, 3.8) is 0 Å². The normalized spacial score (nSPS) is 24.3. The van der Waals surface area contributed by atoms with Gasteiger partial charge in [-0.05, 0) is 35.7 Å².